The molecule has 2 aromatic heterocycles. The van der Waals surface area contributed by atoms with Crippen LogP contribution >= 0.6 is 0 Å². The Bertz CT molecular complexity index is 656. The SMILES string of the molecule is COc1ccc(NC(=O)NC2CCN(c3ncccn3)CC2)cn1. The monoisotopic (exact) mass is 328 g/mol. The van der Waals surface area contributed by atoms with Gasteiger partial charge in [-0.05, 0) is 25.0 Å². The van der Waals surface area contributed by atoms with Gasteiger partial charge in [-0.1, -0.05) is 0 Å². The number of nitrogens with one attached hydrogen (secondary N) is 2. The minimum atomic E-state index is -0.226. The third-order valence-corrected chi connectivity index (χ3v) is 3.87. The normalized spacial score (nSPS) is 15.0. The van der Waals surface area contributed by atoms with Crippen LogP contribution in [0.4, 0.5) is 16.4 Å². The van der Waals surface area contributed by atoms with E-state index in [2.05, 4.69) is 30.5 Å². The second-order valence-corrected chi connectivity index (χ2v) is 5.50. The molecule has 2 N–H and O–H groups in total. The number of nitrogens with zero attached hydrogens (tertiary/aromatic N) is 4. The Hall–Kier alpha value is -2.90. The lowest BCUT2D eigenvalue weighted by atomic mass is 10.1. The number of ether oxygens (including phenoxy) is 1. The van der Waals surface area contributed by atoms with E-state index in [0.717, 1.165) is 31.9 Å². The minimum absolute atomic E-state index is 0.135. The van der Waals surface area contributed by atoms with E-state index in [1.54, 1.807) is 43.9 Å². The first-order chi connectivity index (χ1) is 11.7. The van der Waals surface area contributed by atoms with Crippen molar-refractivity contribution in [3.63, 3.8) is 0 Å². The fourth-order valence-corrected chi connectivity index (χ4v) is 2.61. The molecule has 3 heterocycles. The van der Waals surface area contributed by atoms with Crippen molar-refractivity contribution < 1.29 is 9.53 Å². The number of carbonyl (C=O) groups is 1. The highest BCUT2D eigenvalue weighted by Gasteiger charge is 2.22. The maximum Gasteiger partial charge on any atom is 0.319 e. The fraction of sp³-hybridized carbons (Fsp3) is 0.375. The van der Waals surface area contributed by atoms with E-state index < -0.39 is 0 Å². The molecule has 0 unspecified atom stereocenters. The van der Waals surface area contributed by atoms with Crippen molar-refractivity contribution in [1.29, 1.82) is 0 Å². The molecule has 126 valence electrons. The van der Waals surface area contributed by atoms with Crippen molar-refractivity contribution in [3.05, 3.63) is 36.8 Å². The molecular formula is C16H20N6O2. The van der Waals surface area contributed by atoms with E-state index in [1.165, 1.54) is 0 Å². The first-order valence-electron chi connectivity index (χ1n) is 7.84. The van der Waals surface area contributed by atoms with Crippen LogP contribution in [-0.2, 0) is 0 Å². The summed E-state index contributed by atoms with van der Waals surface area (Å²) in [6, 6.07) is 5.16. The van der Waals surface area contributed by atoms with Gasteiger partial charge < -0.3 is 20.3 Å². The molecule has 3 rings (SSSR count). The van der Waals surface area contributed by atoms with Crippen LogP contribution in [0.1, 0.15) is 12.8 Å². The number of methoxy groups -OCH3 is 1. The number of piperidine rings is 1. The number of hydrogen-bond donors (Lipinski definition) is 2. The van der Waals surface area contributed by atoms with Gasteiger partial charge in [0.05, 0.1) is 19.0 Å². The Morgan fingerprint density at radius 1 is 1.21 bits per heavy atom. The van der Waals surface area contributed by atoms with Crippen LogP contribution in [-0.4, -0.2) is 47.2 Å². The van der Waals surface area contributed by atoms with Gasteiger partial charge >= 0.3 is 6.03 Å². The molecule has 0 aliphatic carbocycles. The lowest BCUT2D eigenvalue weighted by Crippen LogP contribution is -2.46. The predicted octanol–water partition coefficient (Wildman–Crippen LogP) is 1.67. The van der Waals surface area contributed by atoms with E-state index in [9.17, 15) is 4.79 Å². The number of urea groups is 1. The topological polar surface area (TPSA) is 92.3 Å². The highest BCUT2D eigenvalue weighted by atomic mass is 16.5. The summed E-state index contributed by atoms with van der Waals surface area (Å²) in [5, 5.41) is 5.77. The van der Waals surface area contributed by atoms with Crippen LogP contribution in [0.25, 0.3) is 0 Å². The summed E-state index contributed by atoms with van der Waals surface area (Å²) in [5.41, 5.74) is 0.628. The molecule has 1 aliphatic rings. The van der Waals surface area contributed by atoms with Gasteiger partial charge in [0.15, 0.2) is 0 Å². The van der Waals surface area contributed by atoms with Crippen molar-refractivity contribution >= 4 is 17.7 Å². The molecular weight excluding hydrogens is 308 g/mol. The first-order valence-corrected chi connectivity index (χ1v) is 7.84. The Kier molecular flexibility index (Phi) is 5.05. The Balaban J connectivity index is 1.46. The summed E-state index contributed by atoms with van der Waals surface area (Å²) >= 11 is 0. The fourth-order valence-electron chi connectivity index (χ4n) is 2.61. The van der Waals surface area contributed by atoms with E-state index in [4.69, 9.17) is 4.74 Å². The molecule has 0 saturated carbocycles. The van der Waals surface area contributed by atoms with Gasteiger partial charge in [0, 0.05) is 37.6 Å². The van der Waals surface area contributed by atoms with Crippen LogP contribution in [0.3, 0.4) is 0 Å². The molecule has 24 heavy (non-hydrogen) atoms. The van der Waals surface area contributed by atoms with E-state index >= 15 is 0 Å². The average Bonchev–Trinajstić information content (AvgIpc) is 2.64. The van der Waals surface area contributed by atoms with Gasteiger partial charge in [0.1, 0.15) is 0 Å². The molecule has 0 spiro atoms. The number of carbonyl (C=O) groups excluding carboxylic acids is 1. The number of pyridine rings is 1. The molecule has 8 nitrogen and oxygen atoms in total. The minimum Gasteiger partial charge on any atom is -0.481 e. The van der Waals surface area contributed by atoms with Crippen LogP contribution < -0.4 is 20.3 Å². The smallest absolute Gasteiger partial charge is 0.319 e. The van der Waals surface area contributed by atoms with Gasteiger partial charge in [0.2, 0.25) is 11.8 Å². The lowest BCUT2D eigenvalue weighted by Gasteiger charge is -2.32. The average molecular weight is 328 g/mol. The molecule has 0 radical (unpaired) electrons. The first kappa shape index (κ1) is 16.0. The summed E-state index contributed by atoms with van der Waals surface area (Å²) in [7, 11) is 1.55. The zero-order valence-corrected chi connectivity index (χ0v) is 13.5. The van der Waals surface area contributed by atoms with Crippen LogP contribution in [0.2, 0.25) is 0 Å². The Morgan fingerprint density at radius 3 is 2.58 bits per heavy atom. The third-order valence-electron chi connectivity index (χ3n) is 3.87. The molecule has 2 amide bonds. The zero-order chi connectivity index (χ0) is 16.8. The van der Waals surface area contributed by atoms with Crippen LogP contribution in [0.5, 0.6) is 5.88 Å². The number of anilines is 2. The second-order valence-electron chi connectivity index (χ2n) is 5.50. The van der Waals surface area contributed by atoms with Crippen molar-refractivity contribution in [3.8, 4) is 5.88 Å². The number of amides is 2. The number of rotatable bonds is 4. The second kappa shape index (κ2) is 7.58. The summed E-state index contributed by atoms with van der Waals surface area (Å²) in [6.45, 7) is 1.64. The molecule has 1 saturated heterocycles. The van der Waals surface area contributed by atoms with Crippen molar-refractivity contribution in [2.24, 2.45) is 0 Å². The summed E-state index contributed by atoms with van der Waals surface area (Å²) in [6.07, 6.45) is 6.75. The van der Waals surface area contributed by atoms with Crippen molar-refractivity contribution in [1.82, 2.24) is 20.3 Å². The number of aromatic nitrogens is 3. The van der Waals surface area contributed by atoms with Crippen LogP contribution in [0.15, 0.2) is 36.8 Å². The summed E-state index contributed by atoms with van der Waals surface area (Å²) in [5.74, 6) is 1.25. The molecule has 0 aromatic carbocycles. The van der Waals surface area contributed by atoms with Crippen molar-refractivity contribution in [2.45, 2.75) is 18.9 Å². The maximum atomic E-state index is 12.1. The summed E-state index contributed by atoms with van der Waals surface area (Å²) in [4.78, 5) is 26.8. The van der Waals surface area contributed by atoms with Gasteiger partial charge in [-0.3, -0.25) is 0 Å². The van der Waals surface area contributed by atoms with Gasteiger partial charge in [-0.25, -0.2) is 19.7 Å². The number of hydrogen-bond acceptors (Lipinski definition) is 6. The van der Waals surface area contributed by atoms with E-state index in [-0.39, 0.29) is 12.1 Å². The van der Waals surface area contributed by atoms with Gasteiger partial charge in [-0.15, -0.1) is 0 Å². The molecule has 1 fully saturated rings. The highest BCUT2D eigenvalue weighted by Crippen LogP contribution is 2.16. The molecule has 8 heteroatoms. The molecule has 0 bridgehead atoms. The predicted molar refractivity (Wildman–Crippen MR) is 90.2 cm³/mol. The molecule has 1 aliphatic heterocycles. The standard InChI is InChI=1S/C16H20N6O2/c1-24-14-4-3-13(11-19-14)21-16(23)20-12-5-9-22(10-6-12)15-17-7-2-8-18-15/h2-4,7-8,11-12H,5-6,9-10H2,1H3,(H2,20,21,23). The largest absolute Gasteiger partial charge is 0.481 e. The Labute approximate surface area is 140 Å². The van der Waals surface area contributed by atoms with Gasteiger partial charge in [0.25, 0.3) is 0 Å². The van der Waals surface area contributed by atoms with Gasteiger partial charge in [-0.2, -0.15) is 0 Å². The summed E-state index contributed by atoms with van der Waals surface area (Å²) < 4.78 is 4.99. The zero-order valence-electron chi connectivity index (χ0n) is 13.5. The lowest BCUT2D eigenvalue weighted by molar-refractivity contribution is 0.246. The third kappa shape index (κ3) is 4.09. The Morgan fingerprint density at radius 2 is 1.96 bits per heavy atom. The van der Waals surface area contributed by atoms with E-state index in [0.29, 0.717) is 11.6 Å². The van der Waals surface area contributed by atoms with Crippen molar-refractivity contribution in [2.75, 3.05) is 30.4 Å². The highest BCUT2D eigenvalue weighted by molar-refractivity contribution is 5.89. The molecule has 2 aromatic rings. The molecule has 0 atom stereocenters. The van der Waals surface area contributed by atoms with E-state index in [1.807, 2.05) is 0 Å². The van der Waals surface area contributed by atoms with Crippen LogP contribution in [0, 0.1) is 0 Å². The maximum absolute atomic E-state index is 12.1. The quantitative estimate of drug-likeness (QED) is 0.887.